The average molecular weight is 291 g/mol. The van der Waals surface area contributed by atoms with Gasteiger partial charge in [0.1, 0.15) is 0 Å². The van der Waals surface area contributed by atoms with Gasteiger partial charge in [-0.15, -0.1) is 0 Å². The lowest BCUT2D eigenvalue weighted by molar-refractivity contribution is 0.690. The lowest BCUT2D eigenvalue weighted by Gasteiger charge is -2.25. The van der Waals surface area contributed by atoms with Crippen LogP contribution in [-0.2, 0) is 0 Å². The number of aromatic nitrogens is 3. The van der Waals surface area contributed by atoms with Crippen molar-refractivity contribution in [1.29, 1.82) is 0 Å². The molecule has 0 saturated heterocycles. The van der Waals surface area contributed by atoms with E-state index in [0.717, 1.165) is 31.5 Å². The second-order valence-corrected chi connectivity index (χ2v) is 5.90. The molecule has 0 spiro atoms. The summed E-state index contributed by atoms with van der Waals surface area (Å²) in [5.74, 6) is 8.28. The van der Waals surface area contributed by atoms with Crippen LogP contribution in [0.3, 0.4) is 0 Å². The van der Waals surface area contributed by atoms with Crippen LogP contribution < -0.4 is 21.1 Å². The SMILES string of the molecule is CCN(CC)c1nc(NN)nc(N(CC2CC2)C2CC2)n1. The van der Waals surface area contributed by atoms with Crippen LogP contribution in [0.1, 0.15) is 39.5 Å². The minimum absolute atomic E-state index is 0.448. The molecule has 3 rings (SSSR count). The van der Waals surface area contributed by atoms with Gasteiger partial charge in [-0.3, -0.25) is 5.43 Å². The first-order valence-corrected chi connectivity index (χ1v) is 7.99. The third-order valence-electron chi connectivity index (χ3n) is 4.18. The summed E-state index contributed by atoms with van der Waals surface area (Å²) in [5.41, 5.74) is 2.58. The van der Waals surface area contributed by atoms with Gasteiger partial charge < -0.3 is 9.80 Å². The second kappa shape index (κ2) is 6.01. The van der Waals surface area contributed by atoms with Gasteiger partial charge in [-0.05, 0) is 45.4 Å². The Bertz CT molecular complexity index is 480. The van der Waals surface area contributed by atoms with Crippen molar-refractivity contribution < 1.29 is 0 Å². The van der Waals surface area contributed by atoms with E-state index in [9.17, 15) is 0 Å². The van der Waals surface area contributed by atoms with Crippen LogP contribution in [0.15, 0.2) is 0 Å². The van der Waals surface area contributed by atoms with Crippen molar-refractivity contribution in [3.8, 4) is 0 Å². The first-order valence-electron chi connectivity index (χ1n) is 7.99. The van der Waals surface area contributed by atoms with E-state index in [0.29, 0.717) is 17.9 Å². The molecule has 0 unspecified atom stereocenters. The molecule has 7 nitrogen and oxygen atoms in total. The molecule has 116 valence electrons. The summed E-state index contributed by atoms with van der Waals surface area (Å²) in [4.78, 5) is 18.1. The van der Waals surface area contributed by atoms with Gasteiger partial charge in [-0.2, -0.15) is 15.0 Å². The normalized spacial score (nSPS) is 17.7. The van der Waals surface area contributed by atoms with Crippen molar-refractivity contribution in [2.24, 2.45) is 11.8 Å². The van der Waals surface area contributed by atoms with Crippen LogP contribution >= 0.6 is 0 Å². The highest BCUT2D eigenvalue weighted by atomic mass is 15.4. The molecule has 2 aliphatic rings. The summed E-state index contributed by atoms with van der Waals surface area (Å²) in [7, 11) is 0. The van der Waals surface area contributed by atoms with E-state index in [1.165, 1.54) is 25.7 Å². The molecule has 0 aliphatic heterocycles. The Morgan fingerprint density at radius 1 is 1.05 bits per heavy atom. The van der Waals surface area contributed by atoms with Crippen LogP contribution in [-0.4, -0.2) is 40.6 Å². The highest BCUT2D eigenvalue weighted by molar-refractivity contribution is 5.46. The first kappa shape index (κ1) is 14.3. The lowest BCUT2D eigenvalue weighted by Crippen LogP contribution is -2.32. The molecule has 2 saturated carbocycles. The molecule has 2 fully saturated rings. The predicted octanol–water partition coefficient (Wildman–Crippen LogP) is 1.38. The molecule has 0 amide bonds. The van der Waals surface area contributed by atoms with Crippen molar-refractivity contribution in [2.75, 3.05) is 34.9 Å². The Balaban J connectivity index is 1.89. The molecule has 0 bridgehead atoms. The molecule has 2 aliphatic carbocycles. The summed E-state index contributed by atoms with van der Waals surface area (Å²) < 4.78 is 0. The van der Waals surface area contributed by atoms with Crippen molar-refractivity contribution in [2.45, 2.75) is 45.6 Å². The van der Waals surface area contributed by atoms with E-state index in [1.54, 1.807) is 0 Å². The summed E-state index contributed by atoms with van der Waals surface area (Å²) in [6, 6.07) is 0.600. The van der Waals surface area contributed by atoms with E-state index >= 15 is 0 Å². The smallest absolute Gasteiger partial charge is 0.243 e. The van der Waals surface area contributed by atoms with Gasteiger partial charge in [0.25, 0.3) is 0 Å². The number of nitrogens with zero attached hydrogens (tertiary/aromatic N) is 5. The van der Waals surface area contributed by atoms with Gasteiger partial charge >= 0.3 is 0 Å². The minimum Gasteiger partial charge on any atom is -0.341 e. The van der Waals surface area contributed by atoms with Crippen molar-refractivity contribution >= 4 is 17.8 Å². The molecule has 1 aromatic heterocycles. The van der Waals surface area contributed by atoms with Crippen LogP contribution in [0, 0.1) is 5.92 Å². The Hall–Kier alpha value is -1.63. The van der Waals surface area contributed by atoms with Gasteiger partial charge in [0, 0.05) is 25.7 Å². The topological polar surface area (TPSA) is 83.2 Å². The maximum atomic E-state index is 5.54. The number of anilines is 3. The summed E-state index contributed by atoms with van der Waals surface area (Å²) in [5, 5.41) is 0. The van der Waals surface area contributed by atoms with Crippen LogP contribution in [0.5, 0.6) is 0 Å². The first-order chi connectivity index (χ1) is 10.2. The number of hydrogen-bond donors (Lipinski definition) is 2. The third-order valence-corrected chi connectivity index (χ3v) is 4.18. The molecule has 1 aromatic rings. The highest BCUT2D eigenvalue weighted by Crippen LogP contribution is 2.36. The second-order valence-electron chi connectivity index (χ2n) is 5.90. The molecule has 1 heterocycles. The fraction of sp³-hybridized carbons (Fsp3) is 0.786. The van der Waals surface area contributed by atoms with Gasteiger partial charge in [0.05, 0.1) is 0 Å². The molecule has 21 heavy (non-hydrogen) atoms. The molecule has 7 heteroatoms. The molecular formula is C14H25N7. The number of nitrogen functional groups attached to an aromatic ring is 1. The maximum Gasteiger partial charge on any atom is 0.243 e. The van der Waals surface area contributed by atoms with Crippen LogP contribution in [0.2, 0.25) is 0 Å². The van der Waals surface area contributed by atoms with Crippen molar-refractivity contribution in [1.82, 2.24) is 15.0 Å². The largest absolute Gasteiger partial charge is 0.341 e. The number of nitrogens with two attached hydrogens (primary N) is 1. The zero-order chi connectivity index (χ0) is 14.8. The zero-order valence-corrected chi connectivity index (χ0v) is 12.9. The Morgan fingerprint density at radius 3 is 2.24 bits per heavy atom. The van der Waals surface area contributed by atoms with E-state index in [1.807, 2.05) is 0 Å². The zero-order valence-electron chi connectivity index (χ0n) is 12.9. The summed E-state index contributed by atoms with van der Waals surface area (Å²) >= 11 is 0. The number of nitrogens with one attached hydrogen (secondary N) is 1. The fourth-order valence-electron chi connectivity index (χ4n) is 2.55. The highest BCUT2D eigenvalue weighted by Gasteiger charge is 2.35. The third kappa shape index (κ3) is 3.34. The van der Waals surface area contributed by atoms with E-state index in [2.05, 4.69) is 39.0 Å². The standard InChI is InChI=1S/C14H25N7/c1-3-20(4-2)13-16-12(19-15)17-14(18-13)21(11-7-8-11)9-10-5-6-10/h10-11H,3-9,15H2,1-2H3,(H,16,17,18,19). The van der Waals surface area contributed by atoms with Crippen molar-refractivity contribution in [3.63, 3.8) is 0 Å². The summed E-state index contributed by atoms with van der Waals surface area (Å²) in [6.07, 6.45) is 5.15. The Kier molecular flexibility index (Phi) is 4.10. The van der Waals surface area contributed by atoms with Gasteiger partial charge in [-0.25, -0.2) is 5.84 Å². The van der Waals surface area contributed by atoms with E-state index in [4.69, 9.17) is 10.8 Å². The number of hydrogen-bond acceptors (Lipinski definition) is 7. The summed E-state index contributed by atoms with van der Waals surface area (Å²) in [6.45, 7) is 7.01. The van der Waals surface area contributed by atoms with Crippen LogP contribution in [0.25, 0.3) is 0 Å². The van der Waals surface area contributed by atoms with Crippen molar-refractivity contribution in [3.05, 3.63) is 0 Å². The molecular weight excluding hydrogens is 266 g/mol. The molecule has 0 atom stereocenters. The molecule has 3 N–H and O–H groups in total. The minimum atomic E-state index is 0.448. The Morgan fingerprint density at radius 2 is 1.71 bits per heavy atom. The Labute approximate surface area is 125 Å². The van der Waals surface area contributed by atoms with Gasteiger partial charge in [-0.1, -0.05) is 0 Å². The number of rotatable bonds is 8. The van der Waals surface area contributed by atoms with Crippen LogP contribution in [0.4, 0.5) is 17.8 Å². The van der Waals surface area contributed by atoms with Gasteiger partial charge in [0.2, 0.25) is 17.8 Å². The van der Waals surface area contributed by atoms with E-state index < -0.39 is 0 Å². The lowest BCUT2D eigenvalue weighted by atomic mass is 10.3. The predicted molar refractivity (Wildman–Crippen MR) is 84.3 cm³/mol. The quantitative estimate of drug-likeness (QED) is 0.553. The fourth-order valence-corrected chi connectivity index (χ4v) is 2.55. The number of hydrazine groups is 1. The average Bonchev–Trinajstić information content (AvgIpc) is 3.39. The molecule has 0 radical (unpaired) electrons. The maximum absolute atomic E-state index is 5.54. The van der Waals surface area contributed by atoms with E-state index in [-0.39, 0.29) is 0 Å². The monoisotopic (exact) mass is 291 g/mol. The molecule has 0 aromatic carbocycles. The van der Waals surface area contributed by atoms with Gasteiger partial charge in [0.15, 0.2) is 0 Å².